The van der Waals surface area contributed by atoms with Crippen LogP contribution in [0.25, 0.3) is 0 Å². The lowest BCUT2D eigenvalue weighted by molar-refractivity contribution is -0.143. The van der Waals surface area contributed by atoms with Crippen LogP contribution in [0.15, 0.2) is 11.0 Å². The zero-order chi connectivity index (χ0) is 15.7. The van der Waals surface area contributed by atoms with Crippen molar-refractivity contribution < 1.29 is 9.53 Å². The maximum atomic E-state index is 11.1. The summed E-state index contributed by atoms with van der Waals surface area (Å²) in [5.74, 6) is 0.544. The van der Waals surface area contributed by atoms with Crippen molar-refractivity contribution in [2.24, 2.45) is 5.92 Å². The second-order valence-corrected chi connectivity index (χ2v) is 5.49. The highest BCUT2D eigenvalue weighted by atomic mass is 32.1. The summed E-state index contributed by atoms with van der Waals surface area (Å²) in [6.07, 6.45) is 2.19. The number of carbonyl (C=O) groups is 1. The molecule has 2 N–H and O–H groups in total. The van der Waals surface area contributed by atoms with Crippen LogP contribution in [0.4, 0.5) is 0 Å². The van der Waals surface area contributed by atoms with Crippen molar-refractivity contribution >= 4 is 18.2 Å². The molecule has 1 heterocycles. The van der Waals surface area contributed by atoms with Gasteiger partial charge in [0.1, 0.15) is 0 Å². The molecule has 1 aromatic rings. The fourth-order valence-corrected chi connectivity index (χ4v) is 1.55. The number of carbonyl (C=O) groups excluding carboxylic acids is 1. The Bertz CT molecular complexity index is 518. The third-order valence-corrected chi connectivity index (χ3v) is 2.57. The van der Waals surface area contributed by atoms with E-state index in [1.54, 1.807) is 6.20 Å². The van der Waals surface area contributed by atoms with Gasteiger partial charge in [0.05, 0.1) is 6.61 Å². The average Bonchev–Trinajstić information content (AvgIpc) is 2.28. The molecule has 6 heteroatoms. The van der Waals surface area contributed by atoms with Crippen molar-refractivity contribution in [3.05, 3.63) is 26.9 Å². The van der Waals surface area contributed by atoms with Crippen LogP contribution >= 0.6 is 12.2 Å². The van der Waals surface area contributed by atoms with Crippen molar-refractivity contribution in [1.29, 1.82) is 0 Å². The lowest BCUT2D eigenvalue weighted by Crippen LogP contribution is -2.14. The quantitative estimate of drug-likeness (QED) is 0.661. The molecule has 0 aliphatic heterocycles. The van der Waals surface area contributed by atoms with Gasteiger partial charge < -0.3 is 9.72 Å². The highest BCUT2D eigenvalue weighted by molar-refractivity contribution is 7.71. The van der Waals surface area contributed by atoms with Gasteiger partial charge in [-0.1, -0.05) is 27.7 Å². The first-order valence-corrected chi connectivity index (χ1v) is 7.16. The Morgan fingerprint density at radius 1 is 1.35 bits per heavy atom. The van der Waals surface area contributed by atoms with E-state index in [1.807, 2.05) is 34.6 Å². The number of rotatable bonds is 4. The lowest BCUT2D eigenvalue weighted by atomic mass is 10.1. The number of hydrogen-bond donors (Lipinski definition) is 2. The number of aromatic nitrogens is 2. The van der Waals surface area contributed by atoms with Gasteiger partial charge in [0.15, 0.2) is 4.77 Å². The predicted octanol–water partition coefficient (Wildman–Crippen LogP) is 3.15. The van der Waals surface area contributed by atoms with Crippen LogP contribution in [-0.4, -0.2) is 22.5 Å². The largest absolute Gasteiger partial charge is 0.466 e. The summed E-state index contributed by atoms with van der Waals surface area (Å²) in [4.78, 5) is 27.1. The summed E-state index contributed by atoms with van der Waals surface area (Å²) >= 11 is 4.73. The molecule has 0 saturated carbocycles. The maximum absolute atomic E-state index is 11.1. The van der Waals surface area contributed by atoms with Crippen LogP contribution in [0.1, 0.15) is 52.5 Å². The molecule has 0 bridgehead atoms. The van der Waals surface area contributed by atoms with Gasteiger partial charge >= 0.3 is 5.97 Å². The van der Waals surface area contributed by atoms with E-state index in [1.165, 1.54) is 0 Å². The molecule has 0 amide bonds. The molecule has 0 unspecified atom stereocenters. The molecule has 5 nitrogen and oxygen atoms in total. The van der Waals surface area contributed by atoms with Crippen LogP contribution in [0.2, 0.25) is 0 Å². The molecule has 0 saturated heterocycles. The van der Waals surface area contributed by atoms with E-state index in [9.17, 15) is 9.59 Å². The minimum atomic E-state index is -0.0937. The predicted molar refractivity (Wildman–Crippen MR) is 82.4 cm³/mol. The van der Waals surface area contributed by atoms with Gasteiger partial charge in [0.2, 0.25) is 0 Å². The molecule has 0 radical (unpaired) electrons. The highest BCUT2D eigenvalue weighted by Gasteiger charge is 2.03. The monoisotopic (exact) mass is 300 g/mol. The molecule has 0 aliphatic rings. The smallest absolute Gasteiger partial charge is 0.306 e. The first kappa shape index (κ1) is 18.6. The summed E-state index contributed by atoms with van der Waals surface area (Å²) < 4.78 is 5.09. The van der Waals surface area contributed by atoms with Gasteiger partial charge in [-0.25, -0.2) is 0 Å². The fourth-order valence-electron chi connectivity index (χ4n) is 1.40. The number of H-pyrrole nitrogens is 2. The van der Waals surface area contributed by atoms with E-state index in [4.69, 9.17) is 17.0 Å². The minimum Gasteiger partial charge on any atom is -0.466 e. The molecule has 1 aromatic heterocycles. The van der Waals surface area contributed by atoms with Crippen LogP contribution in [0.5, 0.6) is 0 Å². The van der Waals surface area contributed by atoms with Crippen LogP contribution in [0, 0.1) is 10.7 Å². The number of hydrogen-bond acceptors (Lipinski definition) is 4. The fraction of sp³-hybridized carbons (Fsp3) is 0.643. The third kappa shape index (κ3) is 7.89. The van der Waals surface area contributed by atoms with E-state index in [2.05, 4.69) is 9.97 Å². The molecule has 0 aliphatic carbocycles. The lowest BCUT2D eigenvalue weighted by Gasteiger charge is -2.02. The Hall–Kier alpha value is -1.43. The molecular formula is C14H24N2O3S. The average molecular weight is 300 g/mol. The Morgan fingerprint density at radius 2 is 1.95 bits per heavy atom. The van der Waals surface area contributed by atoms with Gasteiger partial charge in [-0.3, -0.25) is 14.6 Å². The Morgan fingerprint density at radius 3 is 2.35 bits per heavy atom. The van der Waals surface area contributed by atoms with E-state index in [0.717, 1.165) is 5.56 Å². The highest BCUT2D eigenvalue weighted by Crippen LogP contribution is 2.05. The number of ether oxygens (including phenoxy) is 1. The first-order valence-electron chi connectivity index (χ1n) is 6.75. The summed E-state index contributed by atoms with van der Waals surface area (Å²) in [5.41, 5.74) is 0.641. The van der Waals surface area contributed by atoms with Gasteiger partial charge in [-0.15, -0.1) is 0 Å². The SMILES string of the molecule is CC(C)c1c[nH]c(=S)[nH]c1=O.CCOC(=O)CC(C)C. The van der Waals surface area contributed by atoms with Crippen LogP contribution in [0.3, 0.4) is 0 Å². The molecule has 0 spiro atoms. The first-order chi connectivity index (χ1) is 9.27. The molecule has 114 valence electrons. The van der Waals surface area contributed by atoms with Crippen molar-refractivity contribution in [1.82, 2.24) is 9.97 Å². The van der Waals surface area contributed by atoms with Crippen molar-refractivity contribution in [2.75, 3.05) is 6.61 Å². The molecule has 0 atom stereocenters. The second-order valence-electron chi connectivity index (χ2n) is 5.08. The van der Waals surface area contributed by atoms with E-state index in [-0.39, 0.29) is 17.4 Å². The van der Waals surface area contributed by atoms with E-state index < -0.39 is 0 Å². The zero-order valence-corrected chi connectivity index (χ0v) is 13.6. The zero-order valence-electron chi connectivity index (χ0n) is 12.8. The summed E-state index contributed by atoms with van der Waals surface area (Å²) in [7, 11) is 0. The summed E-state index contributed by atoms with van der Waals surface area (Å²) in [6, 6.07) is 0. The molecule has 0 fully saturated rings. The van der Waals surface area contributed by atoms with Crippen LogP contribution in [-0.2, 0) is 9.53 Å². The number of nitrogens with one attached hydrogen (secondary N) is 2. The Balaban J connectivity index is 0.000000370. The van der Waals surface area contributed by atoms with Crippen LogP contribution < -0.4 is 5.56 Å². The minimum absolute atomic E-state index is 0.0903. The summed E-state index contributed by atoms with van der Waals surface area (Å²) in [5, 5.41) is 0. The van der Waals surface area contributed by atoms with E-state index in [0.29, 0.717) is 23.7 Å². The van der Waals surface area contributed by atoms with Gasteiger partial charge in [-0.05, 0) is 31.0 Å². The topological polar surface area (TPSA) is 74.9 Å². The maximum Gasteiger partial charge on any atom is 0.306 e. The van der Waals surface area contributed by atoms with Crippen molar-refractivity contribution in [2.45, 2.75) is 47.0 Å². The van der Waals surface area contributed by atoms with Crippen molar-refractivity contribution in [3.8, 4) is 0 Å². The van der Waals surface area contributed by atoms with E-state index >= 15 is 0 Å². The second kappa shape index (κ2) is 9.47. The molecule has 20 heavy (non-hydrogen) atoms. The standard InChI is InChI=1S/C7H10N2OS.C7H14O2/c1-4(2)5-3-8-7(11)9-6(5)10;1-4-9-7(8)5-6(2)3/h3-4H,1-2H3,(H2,8,9,10,11);6H,4-5H2,1-3H3. The summed E-state index contributed by atoms with van der Waals surface area (Å²) in [6.45, 7) is 10.2. The number of esters is 1. The Labute approximate surface area is 124 Å². The molecule has 0 aromatic carbocycles. The Kier molecular flexibility index (Phi) is 8.79. The van der Waals surface area contributed by atoms with Gasteiger partial charge in [0.25, 0.3) is 5.56 Å². The molecular weight excluding hydrogens is 276 g/mol. The normalized spacial score (nSPS) is 10.2. The van der Waals surface area contributed by atoms with Gasteiger partial charge in [-0.2, -0.15) is 0 Å². The third-order valence-electron chi connectivity index (χ3n) is 2.35. The molecule has 1 rings (SSSR count). The van der Waals surface area contributed by atoms with Gasteiger partial charge in [0, 0.05) is 18.2 Å². The number of aromatic amines is 2. The van der Waals surface area contributed by atoms with Crippen molar-refractivity contribution in [3.63, 3.8) is 0 Å².